The smallest absolute Gasteiger partial charge is 0.407 e. The Balaban J connectivity index is 1.86. The molecule has 1 aliphatic rings. The zero-order valence-electron chi connectivity index (χ0n) is 14.8. The molecule has 1 N–H and O–H groups in total. The molecule has 2 amide bonds. The van der Waals surface area contributed by atoms with Crippen LogP contribution < -0.4 is 10.1 Å². The fourth-order valence-corrected chi connectivity index (χ4v) is 2.64. The van der Waals surface area contributed by atoms with Gasteiger partial charge >= 0.3 is 6.09 Å². The van der Waals surface area contributed by atoms with Crippen molar-refractivity contribution in [1.82, 2.24) is 10.2 Å². The van der Waals surface area contributed by atoms with Gasteiger partial charge in [0.25, 0.3) is 5.91 Å². The third-order valence-electron chi connectivity index (χ3n) is 3.82. The maximum atomic E-state index is 12.5. The first-order valence-corrected chi connectivity index (χ1v) is 8.21. The molecule has 24 heavy (non-hydrogen) atoms. The first-order chi connectivity index (χ1) is 11.3. The zero-order valence-corrected chi connectivity index (χ0v) is 14.8. The van der Waals surface area contributed by atoms with Crippen LogP contribution in [0.1, 0.15) is 44.0 Å². The average Bonchev–Trinajstić information content (AvgIpc) is 2.53. The molecule has 132 valence electrons. The predicted octanol–water partition coefficient (Wildman–Crippen LogP) is 2.82. The monoisotopic (exact) mass is 334 g/mol. The van der Waals surface area contributed by atoms with Crippen LogP contribution in [0.15, 0.2) is 24.3 Å². The molecular weight excluding hydrogens is 308 g/mol. The molecule has 0 unspecified atom stereocenters. The van der Waals surface area contributed by atoms with Crippen LogP contribution in [0.2, 0.25) is 0 Å². The van der Waals surface area contributed by atoms with Crippen molar-refractivity contribution in [3.8, 4) is 5.75 Å². The first kappa shape index (κ1) is 18.1. The molecule has 1 heterocycles. The molecule has 6 nitrogen and oxygen atoms in total. The number of rotatable bonds is 3. The van der Waals surface area contributed by atoms with E-state index in [-0.39, 0.29) is 11.9 Å². The Morgan fingerprint density at radius 1 is 1.21 bits per heavy atom. The van der Waals surface area contributed by atoms with Crippen molar-refractivity contribution in [2.45, 2.75) is 45.3 Å². The Morgan fingerprint density at radius 2 is 1.88 bits per heavy atom. The number of nitrogens with zero attached hydrogens (tertiary/aromatic N) is 1. The molecule has 1 aromatic rings. The Morgan fingerprint density at radius 3 is 2.46 bits per heavy atom. The zero-order chi connectivity index (χ0) is 17.7. The molecule has 0 spiro atoms. The van der Waals surface area contributed by atoms with Crippen molar-refractivity contribution in [3.63, 3.8) is 0 Å². The Labute approximate surface area is 143 Å². The minimum Gasteiger partial charge on any atom is -0.497 e. The predicted molar refractivity (Wildman–Crippen MR) is 91.3 cm³/mol. The number of nitrogens with one attached hydrogen (secondary N) is 1. The minimum atomic E-state index is -0.507. The van der Waals surface area contributed by atoms with E-state index >= 15 is 0 Å². The van der Waals surface area contributed by atoms with Gasteiger partial charge in [0, 0.05) is 24.7 Å². The van der Waals surface area contributed by atoms with Gasteiger partial charge in [-0.05, 0) is 51.8 Å². The Kier molecular flexibility index (Phi) is 5.70. The molecule has 2 rings (SSSR count). The molecule has 0 aromatic heterocycles. The van der Waals surface area contributed by atoms with Gasteiger partial charge in [-0.1, -0.05) is 6.07 Å². The summed E-state index contributed by atoms with van der Waals surface area (Å²) in [6.07, 6.45) is 1.03. The highest BCUT2D eigenvalue weighted by Gasteiger charge is 2.26. The highest BCUT2D eigenvalue weighted by atomic mass is 16.6. The number of likely N-dealkylation sites (tertiary alicyclic amines) is 1. The fourth-order valence-electron chi connectivity index (χ4n) is 2.64. The number of methoxy groups -OCH3 is 1. The van der Waals surface area contributed by atoms with Gasteiger partial charge in [-0.25, -0.2) is 4.79 Å². The summed E-state index contributed by atoms with van der Waals surface area (Å²) in [6.45, 7) is 6.72. The number of ether oxygens (including phenoxy) is 2. The molecule has 6 heteroatoms. The molecular formula is C18H26N2O4. The SMILES string of the molecule is COc1cccc(C(=O)N2CCC(NC(=O)OC(C)(C)C)CC2)c1. The third-order valence-corrected chi connectivity index (χ3v) is 3.82. The van der Waals surface area contributed by atoms with Gasteiger partial charge in [0.1, 0.15) is 11.4 Å². The van der Waals surface area contributed by atoms with Crippen molar-refractivity contribution in [1.29, 1.82) is 0 Å². The quantitative estimate of drug-likeness (QED) is 0.923. The van der Waals surface area contributed by atoms with E-state index in [1.165, 1.54) is 0 Å². The maximum absolute atomic E-state index is 12.5. The van der Waals surface area contributed by atoms with Crippen molar-refractivity contribution in [3.05, 3.63) is 29.8 Å². The van der Waals surface area contributed by atoms with Crippen molar-refractivity contribution < 1.29 is 19.1 Å². The largest absolute Gasteiger partial charge is 0.497 e. The number of carbonyl (C=O) groups excluding carboxylic acids is 2. The number of piperidine rings is 1. The number of alkyl carbamates (subject to hydrolysis) is 1. The topological polar surface area (TPSA) is 67.9 Å². The lowest BCUT2D eigenvalue weighted by atomic mass is 10.0. The lowest BCUT2D eigenvalue weighted by Gasteiger charge is -2.33. The van der Waals surface area contributed by atoms with E-state index in [0.29, 0.717) is 24.4 Å². The third kappa shape index (κ3) is 5.15. The van der Waals surface area contributed by atoms with E-state index in [4.69, 9.17) is 9.47 Å². The summed E-state index contributed by atoms with van der Waals surface area (Å²) in [5.74, 6) is 0.659. The van der Waals surface area contributed by atoms with Gasteiger partial charge in [0.15, 0.2) is 0 Å². The molecule has 0 saturated carbocycles. The normalized spacial score (nSPS) is 15.8. The summed E-state index contributed by atoms with van der Waals surface area (Å²) in [6, 6.07) is 7.19. The van der Waals surface area contributed by atoms with Gasteiger partial charge in [0.2, 0.25) is 0 Å². The van der Waals surface area contributed by atoms with E-state index in [1.807, 2.05) is 37.8 Å². The van der Waals surface area contributed by atoms with Crippen LogP contribution in [-0.4, -0.2) is 48.7 Å². The summed E-state index contributed by atoms with van der Waals surface area (Å²) in [7, 11) is 1.58. The van der Waals surface area contributed by atoms with Crippen LogP contribution in [-0.2, 0) is 4.74 Å². The highest BCUT2D eigenvalue weighted by molar-refractivity contribution is 5.94. The molecule has 1 fully saturated rings. The molecule has 0 bridgehead atoms. The highest BCUT2D eigenvalue weighted by Crippen LogP contribution is 2.18. The number of carbonyl (C=O) groups is 2. The van der Waals surface area contributed by atoms with Crippen LogP contribution in [0.25, 0.3) is 0 Å². The van der Waals surface area contributed by atoms with Crippen LogP contribution in [0.5, 0.6) is 5.75 Å². The number of benzene rings is 1. The fraction of sp³-hybridized carbons (Fsp3) is 0.556. The Hall–Kier alpha value is -2.24. The summed E-state index contributed by atoms with van der Waals surface area (Å²) < 4.78 is 10.4. The first-order valence-electron chi connectivity index (χ1n) is 8.21. The molecule has 1 saturated heterocycles. The van der Waals surface area contributed by atoms with Crippen molar-refractivity contribution >= 4 is 12.0 Å². The summed E-state index contributed by atoms with van der Waals surface area (Å²) in [4.78, 5) is 26.2. The minimum absolute atomic E-state index is 0.00961. The molecule has 0 radical (unpaired) electrons. The maximum Gasteiger partial charge on any atom is 0.407 e. The van der Waals surface area contributed by atoms with Crippen LogP contribution >= 0.6 is 0 Å². The van der Waals surface area contributed by atoms with Crippen LogP contribution in [0.4, 0.5) is 4.79 Å². The van der Waals surface area contributed by atoms with E-state index in [2.05, 4.69) is 5.32 Å². The van der Waals surface area contributed by atoms with Gasteiger partial charge < -0.3 is 19.7 Å². The van der Waals surface area contributed by atoms with E-state index in [9.17, 15) is 9.59 Å². The summed E-state index contributed by atoms with van der Waals surface area (Å²) >= 11 is 0. The molecule has 0 atom stereocenters. The van der Waals surface area contributed by atoms with Crippen molar-refractivity contribution in [2.24, 2.45) is 0 Å². The van der Waals surface area contributed by atoms with Gasteiger partial charge in [-0.15, -0.1) is 0 Å². The van der Waals surface area contributed by atoms with Crippen molar-refractivity contribution in [2.75, 3.05) is 20.2 Å². The second-order valence-electron chi connectivity index (χ2n) is 6.94. The number of hydrogen-bond acceptors (Lipinski definition) is 4. The van der Waals surface area contributed by atoms with Gasteiger partial charge in [-0.3, -0.25) is 4.79 Å². The average molecular weight is 334 g/mol. The van der Waals surface area contributed by atoms with Gasteiger partial charge in [-0.2, -0.15) is 0 Å². The second kappa shape index (κ2) is 7.55. The van der Waals surface area contributed by atoms with E-state index < -0.39 is 11.7 Å². The van der Waals surface area contributed by atoms with E-state index in [1.54, 1.807) is 19.2 Å². The molecule has 1 aliphatic heterocycles. The van der Waals surface area contributed by atoms with Gasteiger partial charge in [0.05, 0.1) is 7.11 Å². The Bertz CT molecular complexity index is 587. The van der Waals surface area contributed by atoms with Crippen LogP contribution in [0.3, 0.4) is 0 Å². The molecule has 1 aromatic carbocycles. The van der Waals surface area contributed by atoms with E-state index in [0.717, 1.165) is 12.8 Å². The molecule has 0 aliphatic carbocycles. The van der Waals surface area contributed by atoms with Crippen LogP contribution in [0, 0.1) is 0 Å². The summed E-state index contributed by atoms with van der Waals surface area (Å²) in [5.41, 5.74) is 0.112. The number of amides is 2. The number of hydrogen-bond donors (Lipinski definition) is 1. The lowest BCUT2D eigenvalue weighted by molar-refractivity contribution is 0.0473. The second-order valence-corrected chi connectivity index (χ2v) is 6.94. The summed E-state index contributed by atoms with van der Waals surface area (Å²) in [5, 5.41) is 2.87. The standard InChI is InChI=1S/C18H26N2O4/c1-18(2,3)24-17(22)19-14-8-10-20(11-9-14)16(21)13-6-5-7-15(12-13)23-4/h5-7,12,14H,8-11H2,1-4H3,(H,19,22). The lowest BCUT2D eigenvalue weighted by Crippen LogP contribution is -2.47.